The molecule has 1 unspecified atom stereocenters. The maximum atomic E-state index is 13.8. The number of fused-ring (bicyclic) bond motifs is 1. The Bertz CT molecular complexity index is 497. The molecule has 1 aromatic carbocycles. The molecule has 2 rings (SSSR count). The molecule has 0 spiro atoms. The van der Waals surface area contributed by atoms with Crippen molar-refractivity contribution in [3.8, 4) is 5.75 Å². The van der Waals surface area contributed by atoms with Crippen LogP contribution in [0.4, 0.5) is 14.5 Å². The van der Waals surface area contributed by atoms with Crippen LogP contribution in [-0.4, -0.2) is 19.1 Å². The van der Waals surface area contributed by atoms with Crippen molar-refractivity contribution < 1.29 is 18.3 Å². The lowest BCUT2D eigenvalue weighted by Gasteiger charge is -2.16. The smallest absolute Gasteiger partial charge is 0.191 e. The molecule has 0 saturated heterocycles. The summed E-state index contributed by atoms with van der Waals surface area (Å²) in [5, 5.41) is 0. The van der Waals surface area contributed by atoms with Crippen molar-refractivity contribution in [2.45, 2.75) is 6.92 Å². The van der Waals surface area contributed by atoms with Crippen molar-refractivity contribution in [3.63, 3.8) is 0 Å². The van der Waals surface area contributed by atoms with Crippen LogP contribution in [0.15, 0.2) is 11.1 Å². The lowest BCUT2D eigenvalue weighted by molar-refractivity contribution is 0.0957. The molecule has 0 radical (unpaired) electrons. The second-order valence-electron chi connectivity index (χ2n) is 3.53. The van der Waals surface area contributed by atoms with Gasteiger partial charge in [-0.1, -0.05) is 6.92 Å². The first kappa shape index (κ1) is 10.7. The highest BCUT2D eigenvalue weighted by Crippen LogP contribution is 2.35. The van der Waals surface area contributed by atoms with Gasteiger partial charge >= 0.3 is 0 Å². The van der Waals surface area contributed by atoms with Crippen LogP contribution in [0.25, 0.3) is 0 Å². The van der Waals surface area contributed by atoms with Gasteiger partial charge in [0.05, 0.1) is 24.3 Å². The normalized spacial score (nSPS) is 18.5. The third kappa shape index (κ3) is 1.39. The van der Waals surface area contributed by atoms with E-state index < -0.39 is 29.1 Å². The van der Waals surface area contributed by atoms with Gasteiger partial charge in [0.2, 0.25) is 0 Å². The molecule has 0 amide bonds. The Balaban J connectivity index is 2.73. The summed E-state index contributed by atoms with van der Waals surface area (Å²) >= 11 is 0. The Hall–Kier alpha value is -1.78. The third-order valence-electron chi connectivity index (χ3n) is 2.46. The molecule has 0 bridgehead atoms. The number of nitrogens with zero attached hydrogens (tertiary/aromatic N) is 1. The highest BCUT2D eigenvalue weighted by Gasteiger charge is 2.29. The molecule has 0 fully saturated rings. The molecule has 0 N–H and O–H groups in total. The van der Waals surface area contributed by atoms with E-state index >= 15 is 0 Å². The fourth-order valence-electron chi connectivity index (χ4n) is 1.60. The van der Waals surface area contributed by atoms with Crippen LogP contribution in [0.3, 0.4) is 0 Å². The van der Waals surface area contributed by atoms with Gasteiger partial charge in [0.15, 0.2) is 23.2 Å². The molecule has 1 heterocycles. The van der Waals surface area contributed by atoms with Crippen molar-refractivity contribution in [2.75, 3.05) is 7.11 Å². The maximum Gasteiger partial charge on any atom is 0.191 e. The standard InChI is InChI=1S/C11H9F2NO2/c1-5-4-14-7-3-6(12)11(16-2)9(13)8(7)10(5)15/h3-5H,1-2H3. The fraction of sp³-hybridized carbons (Fsp3) is 0.273. The molecule has 1 aromatic rings. The summed E-state index contributed by atoms with van der Waals surface area (Å²) in [4.78, 5) is 15.5. The number of methoxy groups -OCH3 is 1. The van der Waals surface area contributed by atoms with Crippen LogP contribution in [0.1, 0.15) is 17.3 Å². The lowest BCUT2D eigenvalue weighted by atomic mass is 9.95. The number of ether oxygens (including phenoxy) is 1. The third-order valence-corrected chi connectivity index (χ3v) is 2.46. The molecule has 5 heteroatoms. The average Bonchev–Trinajstić information content (AvgIpc) is 2.24. The molecule has 84 valence electrons. The van der Waals surface area contributed by atoms with Gasteiger partial charge in [-0.05, 0) is 0 Å². The number of ketones is 1. The van der Waals surface area contributed by atoms with E-state index in [9.17, 15) is 13.6 Å². The zero-order valence-electron chi connectivity index (χ0n) is 8.75. The van der Waals surface area contributed by atoms with Gasteiger partial charge in [-0.2, -0.15) is 0 Å². The lowest BCUT2D eigenvalue weighted by Crippen LogP contribution is -2.18. The van der Waals surface area contributed by atoms with Crippen LogP contribution in [0, 0.1) is 17.6 Å². The minimum Gasteiger partial charge on any atom is -0.491 e. The minimum atomic E-state index is -0.980. The van der Waals surface area contributed by atoms with E-state index in [0.717, 1.165) is 13.2 Å². The number of aliphatic imine (C=N–C) groups is 1. The monoisotopic (exact) mass is 225 g/mol. The van der Waals surface area contributed by atoms with Gasteiger partial charge in [-0.15, -0.1) is 0 Å². The Kier molecular flexibility index (Phi) is 2.46. The van der Waals surface area contributed by atoms with Crippen LogP contribution in [0.5, 0.6) is 5.75 Å². The van der Waals surface area contributed by atoms with Gasteiger partial charge in [-0.25, -0.2) is 8.78 Å². The number of carbonyl (C=O) groups excluding carboxylic acids is 1. The van der Waals surface area contributed by atoms with Crippen molar-refractivity contribution in [1.82, 2.24) is 0 Å². The summed E-state index contributed by atoms with van der Waals surface area (Å²) in [6.07, 6.45) is 1.37. The number of halogens is 2. The van der Waals surface area contributed by atoms with E-state index in [-0.39, 0.29) is 11.3 Å². The largest absolute Gasteiger partial charge is 0.491 e. The van der Waals surface area contributed by atoms with Gasteiger partial charge in [-0.3, -0.25) is 9.79 Å². The Morgan fingerprint density at radius 1 is 1.44 bits per heavy atom. The van der Waals surface area contributed by atoms with Crippen molar-refractivity contribution in [2.24, 2.45) is 10.9 Å². The van der Waals surface area contributed by atoms with Crippen molar-refractivity contribution >= 4 is 17.7 Å². The number of hydrogen-bond acceptors (Lipinski definition) is 3. The van der Waals surface area contributed by atoms with E-state index in [0.29, 0.717) is 0 Å². The van der Waals surface area contributed by atoms with Crippen LogP contribution < -0.4 is 4.74 Å². The second-order valence-corrected chi connectivity index (χ2v) is 3.53. The Labute approximate surface area is 90.8 Å². The summed E-state index contributed by atoms with van der Waals surface area (Å²) in [5.74, 6) is -3.31. The average molecular weight is 225 g/mol. The summed E-state index contributed by atoms with van der Waals surface area (Å²) in [7, 11) is 1.15. The second kappa shape index (κ2) is 3.66. The van der Waals surface area contributed by atoms with E-state index in [1.807, 2.05) is 0 Å². The SMILES string of the molecule is COc1c(F)cc2c(c1F)C(=O)C(C)C=N2. The minimum absolute atomic E-state index is 0.0129. The number of rotatable bonds is 1. The predicted octanol–water partition coefficient (Wildman–Crippen LogP) is 2.51. The first-order chi connectivity index (χ1) is 7.56. The first-order valence-corrected chi connectivity index (χ1v) is 4.70. The predicted molar refractivity (Wildman–Crippen MR) is 54.6 cm³/mol. The molecule has 0 saturated carbocycles. The number of hydrogen-bond donors (Lipinski definition) is 0. The molecule has 3 nitrogen and oxygen atoms in total. The highest BCUT2D eigenvalue weighted by atomic mass is 19.1. The molecule has 1 aliphatic rings. The number of benzene rings is 1. The van der Waals surface area contributed by atoms with Crippen LogP contribution in [0.2, 0.25) is 0 Å². The molecule has 0 aromatic heterocycles. The molecular weight excluding hydrogens is 216 g/mol. The Morgan fingerprint density at radius 3 is 2.75 bits per heavy atom. The number of carbonyl (C=O) groups is 1. The zero-order valence-corrected chi connectivity index (χ0v) is 8.75. The van der Waals surface area contributed by atoms with Gasteiger partial charge in [0, 0.05) is 12.3 Å². The van der Waals surface area contributed by atoms with E-state index in [4.69, 9.17) is 0 Å². The first-order valence-electron chi connectivity index (χ1n) is 4.70. The topological polar surface area (TPSA) is 38.7 Å². The summed E-state index contributed by atoms with van der Waals surface area (Å²) in [6.45, 7) is 1.60. The molecule has 0 aliphatic carbocycles. The summed E-state index contributed by atoms with van der Waals surface area (Å²) in [5.41, 5.74) is -0.188. The van der Waals surface area contributed by atoms with E-state index in [1.165, 1.54) is 6.21 Å². The van der Waals surface area contributed by atoms with Gasteiger partial charge in [0.25, 0.3) is 0 Å². The molecule has 1 atom stereocenters. The quantitative estimate of drug-likeness (QED) is 0.736. The molecule has 16 heavy (non-hydrogen) atoms. The summed E-state index contributed by atoms with van der Waals surface area (Å²) < 4.78 is 31.7. The Morgan fingerprint density at radius 2 is 2.12 bits per heavy atom. The van der Waals surface area contributed by atoms with E-state index in [2.05, 4.69) is 9.73 Å². The van der Waals surface area contributed by atoms with E-state index in [1.54, 1.807) is 6.92 Å². The fourth-order valence-corrected chi connectivity index (χ4v) is 1.60. The maximum absolute atomic E-state index is 13.8. The van der Waals surface area contributed by atoms with Crippen LogP contribution in [-0.2, 0) is 0 Å². The van der Waals surface area contributed by atoms with Crippen molar-refractivity contribution in [3.05, 3.63) is 23.3 Å². The van der Waals surface area contributed by atoms with Crippen molar-refractivity contribution in [1.29, 1.82) is 0 Å². The van der Waals surface area contributed by atoms with Gasteiger partial charge < -0.3 is 4.74 Å². The summed E-state index contributed by atoms with van der Waals surface area (Å²) in [6, 6.07) is 0.998. The zero-order chi connectivity index (χ0) is 11.9. The van der Waals surface area contributed by atoms with Gasteiger partial charge in [0.1, 0.15) is 0 Å². The molecule has 1 aliphatic heterocycles. The highest BCUT2D eigenvalue weighted by molar-refractivity contribution is 6.12. The molecular formula is C11H9F2NO2. The van der Waals surface area contributed by atoms with Crippen LogP contribution >= 0.6 is 0 Å². The number of Topliss-reactive ketones (excluding diaryl/α,β-unsaturated/α-hetero) is 1.